The van der Waals surface area contributed by atoms with Crippen LogP contribution in [-0.4, -0.2) is 18.8 Å². The van der Waals surface area contributed by atoms with Gasteiger partial charge < -0.3 is 9.47 Å². The fourth-order valence-corrected chi connectivity index (χ4v) is 2.28. The van der Waals surface area contributed by atoms with Crippen molar-refractivity contribution < 1.29 is 9.47 Å². The lowest BCUT2D eigenvalue weighted by Gasteiger charge is -2.16. The molecule has 2 heteroatoms. The number of hydrogen-bond acceptors (Lipinski definition) is 2. The van der Waals surface area contributed by atoms with Gasteiger partial charge in [0.25, 0.3) is 0 Å². The fourth-order valence-electron chi connectivity index (χ4n) is 2.28. The summed E-state index contributed by atoms with van der Waals surface area (Å²) in [7, 11) is 0. The SMILES string of the molecule is CC1CCC(COc2ccccc2C(C)C)O1. The lowest BCUT2D eigenvalue weighted by molar-refractivity contribution is 0.0262. The van der Waals surface area contributed by atoms with Gasteiger partial charge in [-0.25, -0.2) is 0 Å². The number of para-hydroxylation sites is 1. The van der Waals surface area contributed by atoms with E-state index in [9.17, 15) is 0 Å². The van der Waals surface area contributed by atoms with Gasteiger partial charge in [-0.05, 0) is 37.3 Å². The molecule has 1 aliphatic rings. The molecule has 0 bridgehead atoms. The number of rotatable bonds is 4. The first-order chi connectivity index (χ1) is 8.16. The summed E-state index contributed by atoms with van der Waals surface area (Å²) >= 11 is 0. The average Bonchev–Trinajstić information content (AvgIpc) is 2.73. The van der Waals surface area contributed by atoms with Crippen molar-refractivity contribution in [2.75, 3.05) is 6.61 Å². The van der Waals surface area contributed by atoms with Crippen LogP contribution in [-0.2, 0) is 4.74 Å². The van der Waals surface area contributed by atoms with Gasteiger partial charge in [-0.15, -0.1) is 0 Å². The highest BCUT2D eigenvalue weighted by atomic mass is 16.5. The van der Waals surface area contributed by atoms with Crippen LogP contribution in [0.4, 0.5) is 0 Å². The van der Waals surface area contributed by atoms with Crippen LogP contribution >= 0.6 is 0 Å². The molecule has 0 spiro atoms. The van der Waals surface area contributed by atoms with Gasteiger partial charge in [0.15, 0.2) is 0 Å². The maximum atomic E-state index is 5.91. The Morgan fingerprint density at radius 2 is 2.06 bits per heavy atom. The molecule has 1 fully saturated rings. The second-order valence-corrected chi connectivity index (χ2v) is 5.15. The lowest BCUT2D eigenvalue weighted by atomic mass is 10.0. The van der Waals surface area contributed by atoms with Gasteiger partial charge in [0.2, 0.25) is 0 Å². The lowest BCUT2D eigenvalue weighted by Crippen LogP contribution is -2.18. The minimum absolute atomic E-state index is 0.269. The Labute approximate surface area is 104 Å². The maximum absolute atomic E-state index is 5.91. The Bertz CT molecular complexity index is 360. The molecule has 0 aliphatic carbocycles. The normalized spacial score (nSPS) is 24.2. The van der Waals surface area contributed by atoms with Crippen LogP contribution in [0.1, 0.15) is 45.1 Å². The second kappa shape index (κ2) is 5.54. The Morgan fingerprint density at radius 3 is 2.71 bits per heavy atom. The Morgan fingerprint density at radius 1 is 1.29 bits per heavy atom. The van der Waals surface area contributed by atoms with E-state index in [1.807, 2.05) is 12.1 Å². The van der Waals surface area contributed by atoms with E-state index in [0.29, 0.717) is 18.6 Å². The zero-order valence-corrected chi connectivity index (χ0v) is 11.0. The molecular weight excluding hydrogens is 212 g/mol. The summed E-state index contributed by atoms with van der Waals surface area (Å²) in [6.07, 6.45) is 2.93. The smallest absolute Gasteiger partial charge is 0.122 e. The maximum Gasteiger partial charge on any atom is 0.122 e. The molecule has 17 heavy (non-hydrogen) atoms. The van der Waals surface area contributed by atoms with Crippen LogP contribution in [0.5, 0.6) is 5.75 Å². The summed E-state index contributed by atoms with van der Waals surface area (Å²) in [4.78, 5) is 0. The molecule has 2 unspecified atom stereocenters. The fraction of sp³-hybridized carbons (Fsp3) is 0.600. The summed E-state index contributed by atoms with van der Waals surface area (Å²) in [6, 6.07) is 8.28. The molecule has 0 N–H and O–H groups in total. The number of hydrogen-bond donors (Lipinski definition) is 0. The van der Waals surface area contributed by atoms with Gasteiger partial charge >= 0.3 is 0 Å². The van der Waals surface area contributed by atoms with E-state index in [1.54, 1.807) is 0 Å². The largest absolute Gasteiger partial charge is 0.491 e. The van der Waals surface area contributed by atoms with Crippen LogP contribution in [0.3, 0.4) is 0 Å². The minimum atomic E-state index is 0.269. The van der Waals surface area contributed by atoms with Crippen LogP contribution in [0.15, 0.2) is 24.3 Å². The predicted molar refractivity (Wildman–Crippen MR) is 69.6 cm³/mol. The van der Waals surface area contributed by atoms with Gasteiger partial charge in [0, 0.05) is 0 Å². The Kier molecular flexibility index (Phi) is 4.06. The molecule has 0 aromatic heterocycles. The Balaban J connectivity index is 1.94. The molecular formula is C15H22O2. The third-order valence-corrected chi connectivity index (χ3v) is 3.29. The van der Waals surface area contributed by atoms with E-state index in [0.717, 1.165) is 18.6 Å². The molecule has 1 aliphatic heterocycles. The first-order valence-electron chi connectivity index (χ1n) is 6.54. The van der Waals surface area contributed by atoms with Crippen molar-refractivity contribution in [3.05, 3.63) is 29.8 Å². The molecule has 2 rings (SSSR count). The van der Waals surface area contributed by atoms with Gasteiger partial charge in [-0.1, -0.05) is 32.0 Å². The zero-order chi connectivity index (χ0) is 12.3. The van der Waals surface area contributed by atoms with Crippen molar-refractivity contribution >= 4 is 0 Å². The first-order valence-corrected chi connectivity index (χ1v) is 6.54. The third kappa shape index (κ3) is 3.22. The van der Waals surface area contributed by atoms with Crippen molar-refractivity contribution in [1.29, 1.82) is 0 Å². The molecule has 2 atom stereocenters. The van der Waals surface area contributed by atoms with Gasteiger partial charge in [0.1, 0.15) is 12.4 Å². The van der Waals surface area contributed by atoms with Crippen LogP contribution in [0.2, 0.25) is 0 Å². The van der Waals surface area contributed by atoms with Crippen molar-refractivity contribution in [1.82, 2.24) is 0 Å². The monoisotopic (exact) mass is 234 g/mol. The van der Waals surface area contributed by atoms with E-state index in [1.165, 1.54) is 5.56 Å². The zero-order valence-electron chi connectivity index (χ0n) is 11.0. The van der Waals surface area contributed by atoms with Crippen molar-refractivity contribution in [3.8, 4) is 5.75 Å². The van der Waals surface area contributed by atoms with Crippen LogP contribution < -0.4 is 4.74 Å². The van der Waals surface area contributed by atoms with Crippen LogP contribution in [0, 0.1) is 0 Å². The molecule has 1 heterocycles. The summed E-state index contributed by atoms with van der Waals surface area (Å²) in [5.74, 6) is 1.50. The van der Waals surface area contributed by atoms with E-state index >= 15 is 0 Å². The minimum Gasteiger partial charge on any atom is -0.491 e. The summed E-state index contributed by atoms with van der Waals surface area (Å²) in [6.45, 7) is 7.18. The van der Waals surface area contributed by atoms with E-state index in [-0.39, 0.29) is 6.10 Å². The molecule has 1 aromatic carbocycles. The highest BCUT2D eigenvalue weighted by Crippen LogP contribution is 2.27. The molecule has 0 saturated carbocycles. The van der Waals surface area contributed by atoms with Crippen molar-refractivity contribution in [2.45, 2.75) is 51.7 Å². The molecule has 0 radical (unpaired) electrons. The summed E-state index contributed by atoms with van der Waals surface area (Å²) in [5, 5.41) is 0. The topological polar surface area (TPSA) is 18.5 Å². The van der Waals surface area contributed by atoms with Crippen molar-refractivity contribution in [3.63, 3.8) is 0 Å². The van der Waals surface area contributed by atoms with Crippen LogP contribution in [0.25, 0.3) is 0 Å². The van der Waals surface area contributed by atoms with E-state index < -0.39 is 0 Å². The van der Waals surface area contributed by atoms with Gasteiger partial charge in [-0.3, -0.25) is 0 Å². The molecule has 94 valence electrons. The summed E-state index contributed by atoms with van der Waals surface area (Å²) in [5.41, 5.74) is 1.28. The number of benzene rings is 1. The third-order valence-electron chi connectivity index (χ3n) is 3.29. The quantitative estimate of drug-likeness (QED) is 0.789. The second-order valence-electron chi connectivity index (χ2n) is 5.15. The Hall–Kier alpha value is -1.02. The molecule has 1 saturated heterocycles. The van der Waals surface area contributed by atoms with E-state index in [2.05, 4.69) is 32.9 Å². The highest BCUT2D eigenvalue weighted by Gasteiger charge is 2.22. The predicted octanol–water partition coefficient (Wildman–Crippen LogP) is 3.76. The highest BCUT2D eigenvalue weighted by molar-refractivity contribution is 5.35. The standard InChI is InChI=1S/C15H22O2/c1-11(2)14-6-4-5-7-15(14)16-10-13-9-8-12(3)17-13/h4-7,11-13H,8-10H2,1-3H3. The van der Waals surface area contributed by atoms with Gasteiger partial charge in [0.05, 0.1) is 12.2 Å². The average molecular weight is 234 g/mol. The molecule has 2 nitrogen and oxygen atoms in total. The molecule has 0 amide bonds. The van der Waals surface area contributed by atoms with Gasteiger partial charge in [-0.2, -0.15) is 0 Å². The van der Waals surface area contributed by atoms with Crippen molar-refractivity contribution in [2.24, 2.45) is 0 Å². The number of ether oxygens (including phenoxy) is 2. The van der Waals surface area contributed by atoms with E-state index in [4.69, 9.17) is 9.47 Å². The summed E-state index contributed by atoms with van der Waals surface area (Å²) < 4.78 is 11.7. The first kappa shape index (κ1) is 12.4. The molecule has 1 aromatic rings.